The smallest absolute Gasteiger partial charge is 0.254 e. The molecule has 3 saturated heterocycles. The van der Waals surface area contributed by atoms with Gasteiger partial charge in [-0.15, -0.1) is 12.4 Å². The fraction of sp³-hybridized carbons (Fsp3) is 0.625. The molecule has 194 valence electrons. The lowest BCUT2D eigenvalue weighted by Crippen LogP contribution is -2.47. The van der Waals surface area contributed by atoms with Gasteiger partial charge in [-0.3, -0.25) is 19.3 Å². The van der Waals surface area contributed by atoms with E-state index in [2.05, 4.69) is 4.90 Å². The molecule has 0 N–H and O–H groups in total. The van der Waals surface area contributed by atoms with Gasteiger partial charge >= 0.3 is 0 Å². The van der Waals surface area contributed by atoms with Crippen LogP contribution in [0.3, 0.4) is 0 Å². The van der Waals surface area contributed by atoms with Gasteiger partial charge in [-0.1, -0.05) is 26.0 Å². The Labute approximate surface area is 213 Å². The van der Waals surface area contributed by atoms with Crippen molar-refractivity contribution in [3.8, 4) is 0 Å². The number of piperazine rings is 1. The van der Waals surface area contributed by atoms with Gasteiger partial charge in [0.25, 0.3) is 5.91 Å². The van der Waals surface area contributed by atoms with Crippen LogP contribution in [0.15, 0.2) is 24.3 Å². The summed E-state index contributed by atoms with van der Waals surface area (Å²) in [5.74, 6) is -1.06. The quantitative estimate of drug-likeness (QED) is 0.575. The maximum absolute atomic E-state index is 13.4. The van der Waals surface area contributed by atoms with Gasteiger partial charge in [0.1, 0.15) is 0 Å². The third kappa shape index (κ3) is 5.34. The molecular formula is C24H35ClN4O5S. The Morgan fingerprint density at radius 3 is 2.14 bits per heavy atom. The van der Waals surface area contributed by atoms with Crippen molar-refractivity contribution in [2.24, 2.45) is 11.8 Å². The maximum atomic E-state index is 13.4. The Kier molecular flexibility index (Phi) is 8.18. The zero-order valence-electron chi connectivity index (χ0n) is 20.7. The Balaban J connectivity index is 0.00000342. The molecule has 0 spiro atoms. The molecule has 1 aromatic carbocycles. The number of likely N-dealkylation sites (tertiary alicyclic amines) is 1. The lowest BCUT2D eigenvalue weighted by molar-refractivity contribution is -0.131. The van der Waals surface area contributed by atoms with E-state index in [0.717, 1.165) is 48.8 Å². The fourth-order valence-electron chi connectivity index (χ4n) is 5.67. The SMILES string of the molecule is CC(=O)N1CCN(Cc2ccc(C(=O)N3CC[C@H]4[C@H]3[C@@H](C(C)C)C(=O)N4S(C)(=O)=O)cc2)CC1.Cl. The molecule has 0 aliphatic carbocycles. The van der Waals surface area contributed by atoms with Crippen LogP contribution in [-0.4, -0.2) is 96.2 Å². The largest absolute Gasteiger partial charge is 0.340 e. The van der Waals surface area contributed by atoms with Gasteiger partial charge < -0.3 is 9.80 Å². The van der Waals surface area contributed by atoms with Crippen molar-refractivity contribution in [1.29, 1.82) is 0 Å². The van der Waals surface area contributed by atoms with E-state index in [-0.39, 0.29) is 30.1 Å². The number of carbonyl (C=O) groups is 3. The predicted octanol–water partition coefficient (Wildman–Crippen LogP) is 1.43. The standard InChI is InChI=1S/C24H34N4O5S.ClH/c1-16(2)21-22-20(28(24(21)31)34(4,32)33)9-10-27(22)23(30)19-7-5-18(6-8-19)15-25-11-13-26(14-12-25)17(3)29;/h5-8,16,20-22H,9-15H2,1-4H3;1H/t20-,21+,22-;/m0./s1. The van der Waals surface area contributed by atoms with Gasteiger partial charge in [-0.25, -0.2) is 12.7 Å². The van der Waals surface area contributed by atoms with Gasteiger partial charge in [0.15, 0.2) is 0 Å². The Hall–Kier alpha value is -2.17. The van der Waals surface area contributed by atoms with Crippen molar-refractivity contribution in [1.82, 2.24) is 19.0 Å². The summed E-state index contributed by atoms with van der Waals surface area (Å²) in [6, 6.07) is 6.58. The van der Waals surface area contributed by atoms with Crippen LogP contribution in [-0.2, 0) is 26.2 Å². The van der Waals surface area contributed by atoms with Gasteiger partial charge in [0, 0.05) is 51.8 Å². The van der Waals surface area contributed by atoms with Crippen LogP contribution < -0.4 is 0 Å². The van der Waals surface area contributed by atoms with Crippen molar-refractivity contribution in [2.75, 3.05) is 39.0 Å². The first kappa shape index (κ1) is 27.4. The normalized spacial score (nSPS) is 25.1. The second kappa shape index (κ2) is 10.4. The summed E-state index contributed by atoms with van der Waals surface area (Å²) in [6.07, 6.45) is 1.52. The molecule has 9 nitrogen and oxygen atoms in total. The molecule has 3 fully saturated rings. The second-order valence-electron chi connectivity index (χ2n) is 9.99. The number of benzene rings is 1. The molecule has 35 heavy (non-hydrogen) atoms. The molecule has 3 heterocycles. The Morgan fingerprint density at radius 2 is 1.63 bits per heavy atom. The van der Waals surface area contributed by atoms with Crippen molar-refractivity contribution in [2.45, 2.75) is 45.8 Å². The van der Waals surface area contributed by atoms with Gasteiger partial charge in [0.2, 0.25) is 21.8 Å². The minimum absolute atomic E-state index is 0. The molecule has 3 amide bonds. The van der Waals surface area contributed by atoms with Crippen LogP contribution in [0.1, 0.15) is 43.1 Å². The molecule has 0 radical (unpaired) electrons. The van der Waals surface area contributed by atoms with Gasteiger partial charge in [-0.2, -0.15) is 0 Å². The summed E-state index contributed by atoms with van der Waals surface area (Å²) in [4.78, 5) is 43.8. The Morgan fingerprint density at radius 1 is 1.03 bits per heavy atom. The van der Waals surface area contributed by atoms with E-state index in [9.17, 15) is 22.8 Å². The van der Waals surface area contributed by atoms with Crippen molar-refractivity contribution < 1.29 is 22.8 Å². The fourth-order valence-corrected chi connectivity index (χ4v) is 6.84. The van der Waals surface area contributed by atoms with E-state index < -0.39 is 33.9 Å². The molecule has 11 heteroatoms. The van der Waals surface area contributed by atoms with E-state index in [4.69, 9.17) is 0 Å². The summed E-state index contributed by atoms with van der Waals surface area (Å²) >= 11 is 0. The topological polar surface area (TPSA) is 98.3 Å². The molecule has 0 aromatic heterocycles. The molecule has 3 atom stereocenters. The predicted molar refractivity (Wildman–Crippen MR) is 134 cm³/mol. The number of hydrogen-bond acceptors (Lipinski definition) is 6. The van der Waals surface area contributed by atoms with Crippen LogP contribution in [0.5, 0.6) is 0 Å². The zero-order chi connectivity index (χ0) is 24.8. The van der Waals surface area contributed by atoms with E-state index in [1.807, 2.05) is 43.0 Å². The van der Waals surface area contributed by atoms with Crippen molar-refractivity contribution in [3.05, 3.63) is 35.4 Å². The van der Waals surface area contributed by atoms with Gasteiger partial charge in [0.05, 0.1) is 24.3 Å². The minimum atomic E-state index is -3.69. The number of nitrogens with zero attached hydrogens (tertiary/aromatic N) is 4. The third-order valence-electron chi connectivity index (χ3n) is 7.35. The molecule has 0 bridgehead atoms. The monoisotopic (exact) mass is 526 g/mol. The number of hydrogen-bond donors (Lipinski definition) is 0. The summed E-state index contributed by atoms with van der Waals surface area (Å²) in [6.45, 7) is 9.66. The van der Waals surface area contributed by atoms with Crippen LogP contribution >= 0.6 is 12.4 Å². The highest BCUT2D eigenvalue weighted by molar-refractivity contribution is 7.88. The molecule has 4 rings (SSSR count). The number of sulfonamides is 1. The van der Waals surface area contributed by atoms with Crippen LogP contribution in [0.2, 0.25) is 0 Å². The molecular weight excluding hydrogens is 492 g/mol. The van der Waals surface area contributed by atoms with E-state index in [1.54, 1.807) is 11.8 Å². The summed E-state index contributed by atoms with van der Waals surface area (Å²) in [5, 5.41) is 0. The number of fused-ring (bicyclic) bond motifs is 1. The number of carbonyl (C=O) groups excluding carboxylic acids is 3. The highest BCUT2D eigenvalue weighted by Crippen LogP contribution is 2.41. The number of halogens is 1. The third-order valence-corrected chi connectivity index (χ3v) is 8.52. The first-order valence-electron chi connectivity index (χ1n) is 11.9. The second-order valence-corrected chi connectivity index (χ2v) is 11.9. The van der Waals surface area contributed by atoms with Crippen LogP contribution in [0, 0.1) is 11.8 Å². The first-order chi connectivity index (χ1) is 16.0. The highest BCUT2D eigenvalue weighted by Gasteiger charge is 2.58. The van der Waals surface area contributed by atoms with E-state index >= 15 is 0 Å². The highest BCUT2D eigenvalue weighted by atomic mass is 35.5. The summed E-state index contributed by atoms with van der Waals surface area (Å²) in [7, 11) is -3.69. The lowest BCUT2D eigenvalue weighted by atomic mass is 9.88. The zero-order valence-corrected chi connectivity index (χ0v) is 22.3. The number of amides is 3. The van der Waals surface area contributed by atoms with Gasteiger partial charge in [-0.05, 0) is 30.0 Å². The van der Waals surface area contributed by atoms with Crippen molar-refractivity contribution >= 4 is 40.2 Å². The molecule has 1 aromatic rings. The first-order valence-corrected chi connectivity index (χ1v) is 13.7. The summed E-state index contributed by atoms with van der Waals surface area (Å²) in [5.41, 5.74) is 1.63. The minimum Gasteiger partial charge on any atom is -0.340 e. The van der Waals surface area contributed by atoms with E-state index in [1.165, 1.54) is 0 Å². The molecule has 0 unspecified atom stereocenters. The average molecular weight is 527 g/mol. The van der Waals surface area contributed by atoms with Crippen molar-refractivity contribution in [3.63, 3.8) is 0 Å². The lowest BCUT2D eigenvalue weighted by Gasteiger charge is -2.34. The Bertz CT molecular complexity index is 1070. The summed E-state index contributed by atoms with van der Waals surface area (Å²) < 4.78 is 25.7. The van der Waals surface area contributed by atoms with Crippen LogP contribution in [0.4, 0.5) is 0 Å². The molecule has 0 saturated carbocycles. The maximum Gasteiger partial charge on any atom is 0.254 e. The number of rotatable bonds is 5. The average Bonchev–Trinajstić information content (AvgIpc) is 3.30. The molecule has 3 aliphatic heterocycles. The van der Waals surface area contributed by atoms with E-state index in [0.29, 0.717) is 18.5 Å². The van der Waals surface area contributed by atoms with Crippen LogP contribution in [0.25, 0.3) is 0 Å². The molecule has 3 aliphatic rings.